The van der Waals surface area contributed by atoms with Crippen LogP contribution < -0.4 is 10.1 Å². The van der Waals surface area contributed by atoms with Crippen molar-refractivity contribution in [2.75, 3.05) is 14.2 Å². The Labute approximate surface area is 106 Å². The summed E-state index contributed by atoms with van der Waals surface area (Å²) in [4.78, 5) is 0. The van der Waals surface area contributed by atoms with E-state index in [9.17, 15) is 4.39 Å². The van der Waals surface area contributed by atoms with E-state index in [0.29, 0.717) is 11.3 Å². The van der Waals surface area contributed by atoms with E-state index in [0.717, 1.165) is 5.56 Å². The molecule has 0 aromatic heterocycles. The van der Waals surface area contributed by atoms with Crippen molar-refractivity contribution in [2.24, 2.45) is 0 Å². The standard InChI is InChI=1S/C15H16FNO/c1-17-15(11-6-4-3-5-7-11)13-9-8-12(18-2)10-14(13)16/h3-10,15,17H,1-2H3. The number of ether oxygens (including phenoxy) is 1. The molecular weight excluding hydrogens is 229 g/mol. The van der Waals surface area contributed by atoms with Crippen LogP contribution in [0, 0.1) is 5.82 Å². The molecular formula is C15H16FNO. The molecule has 0 amide bonds. The summed E-state index contributed by atoms with van der Waals surface area (Å²) >= 11 is 0. The summed E-state index contributed by atoms with van der Waals surface area (Å²) in [5.41, 5.74) is 1.65. The molecule has 0 radical (unpaired) electrons. The maximum Gasteiger partial charge on any atom is 0.132 e. The van der Waals surface area contributed by atoms with Crippen LogP contribution in [0.1, 0.15) is 17.2 Å². The molecule has 0 aliphatic rings. The largest absolute Gasteiger partial charge is 0.497 e. The third kappa shape index (κ3) is 2.51. The normalized spacial score (nSPS) is 12.2. The van der Waals surface area contributed by atoms with Crippen molar-refractivity contribution in [3.63, 3.8) is 0 Å². The molecule has 0 bridgehead atoms. The van der Waals surface area contributed by atoms with E-state index in [1.165, 1.54) is 13.2 Å². The van der Waals surface area contributed by atoms with Crippen LogP contribution in [0.5, 0.6) is 5.75 Å². The van der Waals surface area contributed by atoms with Crippen LogP contribution in [0.4, 0.5) is 4.39 Å². The maximum atomic E-state index is 14.0. The first-order chi connectivity index (χ1) is 8.76. The van der Waals surface area contributed by atoms with Gasteiger partial charge in [-0.3, -0.25) is 0 Å². The molecule has 0 saturated carbocycles. The molecule has 0 fully saturated rings. The van der Waals surface area contributed by atoms with Crippen LogP contribution in [-0.4, -0.2) is 14.2 Å². The first-order valence-electron chi connectivity index (χ1n) is 5.82. The van der Waals surface area contributed by atoms with Gasteiger partial charge >= 0.3 is 0 Å². The second-order valence-corrected chi connectivity index (χ2v) is 4.02. The van der Waals surface area contributed by atoms with Crippen LogP contribution >= 0.6 is 0 Å². The number of halogens is 1. The molecule has 0 heterocycles. The predicted molar refractivity (Wildman–Crippen MR) is 70.3 cm³/mol. The van der Waals surface area contributed by atoms with Gasteiger partial charge in [0.05, 0.1) is 13.2 Å². The quantitative estimate of drug-likeness (QED) is 0.893. The number of hydrogen-bond donors (Lipinski definition) is 1. The number of benzene rings is 2. The Kier molecular flexibility index (Phi) is 3.95. The van der Waals surface area contributed by atoms with Gasteiger partial charge in [0.15, 0.2) is 0 Å². The molecule has 0 aliphatic heterocycles. The second-order valence-electron chi connectivity index (χ2n) is 4.02. The Morgan fingerprint density at radius 3 is 2.39 bits per heavy atom. The van der Waals surface area contributed by atoms with E-state index in [-0.39, 0.29) is 11.9 Å². The van der Waals surface area contributed by atoms with Gasteiger partial charge in [0, 0.05) is 11.6 Å². The van der Waals surface area contributed by atoms with Gasteiger partial charge < -0.3 is 10.1 Å². The van der Waals surface area contributed by atoms with Crippen LogP contribution in [0.15, 0.2) is 48.5 Å². The minimum Gasteiger partial charge on any atom is -0.497 e. The molecule has 0 saturated heterocycles. The Bertz CT molecular complexity index is 513. The molecule has 2 rings (SSSR count). The summed E-state index contributed by atoms with van der Waals surface area (Å²) in [6.07, 6.45) is 0. The SMILES string of the molecule is CNC(c1ccccc1)c1ccc(OC)cc1F. The van der Waals surface area contributed by atoms with Crippen molar-refractivity contribution in [3.05, 3.63) is 65.5 Å². The fourth-order valence-corrected chi connectivity index (χ4v) is 2.02. The highest BCUT2D eigenvalue weighted by Gasteiger charge is 2.16. The highest BCUT2D eigenvalue weighted by atomic mass is 19.1. The Morgan fingerprint density at radius 2 is 1.83 bits per heavy atom. The van der Waals surface area contributed by atoms with Gasteiger partial charge in [-0.2, -0.15) is 0 Å². The molecule has 94 valence electrons. The van der Waals surface area contributed by atoms with Gasteiger partial charge in [-0.15, -0.1) is 0 Å². The van der Waals surface area contributed by atoms with Crippen LogP contribution in [0.2, 0.25) is 0 Å². The highest BCUT2D eigenvalue weighted by molar-refractivity contribution is 5.36. The number of methoxy groups -OCH3 is 1. The minimum absolute atomic E-state index is 0.155. The summed E-state index contributed by atoms with van der Waals surface area (Å²) in [7, 11) is 3.35. The minimum atomic E-state index is -0.266. The Hall–Kier alpha value is -1.87. The van der Waals surface area contributed by atoms with Crippen LogP contribution in [-0.2, 0) is 0 Å². The lowest BCUT2D eigenvalue weighted by molar-refractivity contribution is 0.410. The van der Waals surface area contributed by atoms with E-state index in [1.807, 2.05) is 37.4 Å². The third-order valence-electron chi connectivity index (χ3n) is 2.94. The lowest BCUT2D eigenvalue weighted by Crippen LogP contribution is -2.18. The molecule has 1 N–H and O–H groups in total. The van der Waals surface area contributed by atoms with Gasteiger partial charge in [-0.05, 0) is 18.7 Å². The molecule has 1 atom stereocenters. The molecule has 18 heavy (non-hydrogen) atoms. The zero-order valence-corrected chi connectivity index (χ0v) is 10.5. The van der Waals surface area contributed by atoms with Crippen LogP contribution in [0.25, 0.3) is 0 Å². The number of nitrogens with one attached hydrogen (secondary N) is 1. The maximum absolute atomic E-state index is 14.0. The van der Waals surface area contributed by atoms with Crippen molar-refractivity contribution >= 4 is 0 Å². The van der Waals surface area contributed by atoms with E-state index in [2.05, 4.69) is 5.32 Å². The number of hydrogen-bond acceptors (Lipinski definition) is 2. The average molecular weight is 245 g/mol. The molecule has 3 heteroatoms. The molecule has 2 nitrogen and oxygen atoms in total. The molecule has 0 spiro atoms. The van der Waals surface area contributed by atoms with Crippen molar-refractivity contribution in [1.82, 2.24) is 5.32 Å². The summed E-state index contributed by atoms with van der Waals surface area (Å²) in [5, 5.41) is 3.13. The highest BCUT2D eigenvalue weighted by Crippen LogP contribution is 2.26. The van der Waals surface area contributed by atoms with E-state index < -0.39 is 0 Å². The summed E-state index contributed by atoms with van der Waals surface area (Å²) < 4.78 is 19.0. The van der Waals surface area contributed by atoms with E-state index in [4.69, 9.17) is 4.74 Å². The fraction of sp³-hybridized carbons (Fsp3) is 0.200. The molecule has 1 unspecified atom stereocenters. The topological polar surface area (TPSA) is 21.3 Å². The summed E-state index contributed by atoms with van der Waals surface area (Å²) in [6.45, 7) is 0. The average Bonchev–Trinajstić information content (AvgIpc) is 2.42. The molecule has 2 aromatic carbocycles. The van der Waals surface area contributed by atoms with Crippen LogP contribution in [0.3, 0.4) is 0 Å². The fourth-order valence-electron chi connectivity index (χ4n) is 2.02. The van der Waals surface area contributed by atoms with E-state index in [1.54, 1.807) is 12.1 Å². The molecule has 0 aliphatic carbocycles. The zero-order chi connectivity index (χ0) is 13.0. The van der Waals surface area contributed by atoms with Crippen molar-refractivity contribution in [2.45, 2.75) is 6.04 Å². The van der Waals surface area contributed by atoms with Crippen molar-refractivity contribution < 1.29 is 9.13 Å². The monoisotopic (exact) mass is 245 g/mol. The lowest BCUT2D eigenvalue weighted by atomic mass is 9.98. The van der Waals surface area contributed by atoms with Gasteiger partial charge in [0.1, 0.15) is 11.6 Å². The lowest BCUT2D eigenvalue weighted by Gasteiger charge is -2.18. The smallest absolute Gasteiger partial charge is 0.132 e. The number of rotatable bonds is 4. The summed E-state index contributed by atoms with van der Waals surface area (Å²) in [5.74, 6) is 0.261. The first-order valence-corrected chi connectivity index (χ1v) is 5.82. The third-order valence-corrected chi connectivity index (χ3v) is 2.94. The molecule has 2 aromatic rings. The van der Waals surface area contributed by atoms with Gasteiger partial charge in [-0.25, -0.2) is 4.39 Å². The first kappa shape index (κ1) is 12.6. The Balaban J connectivity index is 2.39. The van der Waals surface area contributed by atoms with E-state index >= 15 is 0 Å². The predicted octanol–water partition coefficient (Wildman–Crippen LogP) is 3.14. The van der Waals surface area contributed by atoms with Crippen molar-refractivity contribution in [1.29, 1.82) is 0 Å². The second kappa shape index (κ2) is 5.65. The van der Waals surface area contributed by atoms with Gasteiger partial charge in [0.25, 0.3) is 0 Å². The van der Waals surface area contributed by atoms with Gasteiger partial charge in [0.2, 0.25) is 0 Å². The van der Waals surface area contributed by atoms with Gasteiger partial charge in [-0.1, -0.05) is 36.4 Å². The summed E-state index contributed by atoms with van der Waals surface area (Å²) in [6, 6.07) is 14.6. The van der Waals surface area contributed by atoms with Crippen molar-refractivity contribution in [3.8, 4) is 5.75 Å². The Morgan fingerprint density at radius 1 is 1.11 bits per heavy atom. The zero-order valence-electron chi connectivity index (χ0n) is 10.5.